The molecule has 4 heteroatoms. The van der Waals surface area contributed by atoms with Crippen molar-refractivity contribution in [1.29, 1.82) is 0 Å². The Balaban J connectivity index is 2.04. The van der Waals surface area contributed by atoms with Crippen LogP contribution in [0.2, 0.25) is 0 Å². The average Bonchev–Trinajstić information content (AvgIpc) is 2.41. The third-order valence-electron chi connectivity index (χ3n) is 2.59. The molecule has 0 aliphatic rings. The third-order valence-corrected chi connectivity index (χ3v) is 2.87. The molecule has 0 bridgehead atoms. The fourth-order valence-corrected chi connectivity index (χ4v) is 1.98. The van der Waals surface area contributed by atoms with E-state index in [9.17, 15) is 9.59 Å². The Morgan fingerprint density at radius 2 is 1.58 bits per heavy atom. The molecule has 2 aromatic carbocycles. The summed E-state index contributed by atoms with van der Waals surface area (Å²) in [6.45, 7) is 0. The number of halogens is 1. The lowest BCUT2D eigenvalue weighted by molar-refractivity contribution is -0.109. The maximum Gasteiger partial charge on any atom is 0.255 e. The van der Waals surface area contributed by atoms with Gasteiger partial charge in [0.2, 0.25) is 4.69 Å². The zero-order valence-electron chi connectivity index (χ0n) is 10.1. The fourth-order valence-electron chi connectivity index (χ4n) is 1.66. The number of hydrogen-bond acceptors (Lipinski definition) is 2. The molecule has 0 fully saturated rings. The van der Waals surface area contributed by atoms with E-state index in [0.29, 0.717) is 17.7 Å². The lowest BCUT2D eigenvalue weighted by Gasteiger charge is -2.06. The topological polar surface area (TPSA) is 46.2 Å². The maximum atomic E-state index is 11.9. The van der Waals surface area contributed by atoms with Gasteiger partial charge in [0, 0.05) is 17.7 Å². The molecule has 2 rings (SSSR count). The SMILES string of the molecule is O=C(Br)Cc1ccc(NC(=O)c2ccccc2)cc1. The van der Waals surface area contributed by atoms with Crippen LogP contribution in [-0.2, 0) is 11.2 Å². The molecular formula is C15H12BrNO2. The van der Waals surface area contributed by atoms with E-state index in [0.717, 1.165) is 5.56 Å². The van der Waals surface area contributed by atoms with Crippen LogP contribution in [-0.4, -0.2) is 10.6 Å². The van der Waals surface area contributed by atoms with Crippen LogP contribution in [0.25, 0.3) is 0 Å². The highest BCUT2D eigenvalue weighted by Crippen LogP contribution is 2.12. The summed E-state index contributed by atoms with van der Waals surface area (Å²) in [5.41, 5.74) is 2.22. The van der Waals surface area contributed by atoms with Crippen molar-refractivity contribution in [3.8, 4) is 0 Å². The number of carbonyl (C=O) groups excluding carboxylic acids is 2. The standard InChI is InChI=1S/C15H12BrNO2/c16-14(18)10-11-6-8-13(9-7-11)17-15(19)12-4-2-1-3-5-12/h1-9H,10H2,(H,17,19). The minimum atomic E-state index is -0.148. The van der Waals surface area contributed by atoms with Crippen LogP contribution >= 0.6 is 15.9 Å². The summed E-state index contributed by atoms with van der Waals surface area (Å²) in [5, 5.41) is 2.80. The molecule has 0 unspecified atom stereocenters. The summed E-state index contributed by atoms with van der Waals surface area (Å²) in [6, 6.07) is 16.2. The molecule has 2 aromatic rings. The lowest BCUT2D eigenvalue weighted by Crippen LogP contribution is -2.11. The van der Waals surface area contributed by atoms with Gasteiger partial charge < -0.3 is 5.32 Å². The smallest absolute Gasteiger partial charge is 0.255 e. The Hall–Kier alpha value is -1.94. The minimum absolute atomic E-state index is 0.0615. The Morgan fingerprint density at radius 1 is 0.947 bits per heavy atom. The molecule has 0 heterocycles. The van der Waals surface area contributed by atoms with E-state index in [2.05, 4.69) is 21.2 Å². The molecular weight excluding hydrogens is 306 g/mol. The van der Waals surface area contributed by atoms with Crippen molar-refractivity contribution in [3.05, 3.63) is 65.7 Å². The van der Waals surface area contributed by atoms with Gasteiger partial charge in [-0.2, -0.15) is 0 Å². The first-order valence-electron chi connectivity index (χ1n) is 5.79. The Bertz CT molecular complexity index is 579. The molecule has 0 radical (unpaired) electrons. The first-order chi connectivity index (χ1) is 9.15. The van der Waals surface area contributed by atoms with Crippen molar-refractivity contribution in [1.82, 2.24) is 0 Å². The fraction of sp³-hybridized carbons (Fsp3) is 0.0667. The molecule has 0 aliphatic heterocycles. The van der Waals surface area contributed by atoms with Crippen LogP contribution in [0.4, 0.5) is 5.69 Å². The second kappa shape index (κ2) is 6.29. The largest absolute Gasteiger partial charge is 0.322 e. The van der Waals surface area contributed by atoms with E-state index in [1.165, 1.54) is 0 Å². The van der Waals surface area contributed by atoms with Crippen molar-refractivity contribution < 1.29 is 9.59 Å². The van der Waals surface area contributed by atoms with Crippen LogP contribution in [0, 0.1) is 0 Å². The number of rotatable bonds is 4. The average molecular weight is 318 g/mol. The van der Waals surface area contributed by atoms with Crippen LogP contribution in [0.3, 0.4) is 0 Å². The van der Waals surface area contributed by atoms with Gasteiger partial charge in [-0.1, -0.05) is 30.3 Å². The Labute approximate surface area is 119 Å². The van der Waals surface area contributed by atoms with Gasteiger partial charge >= 0.3 is 0 Å². The van der Waals surface area contributed by atoms with Gasteiger partial charge in [-0.15, -0.1) is 0 Å². The first-order valence-corrected chi connectivity index (χ1v) is 6.58. The lowest BCUT2D eigenvalue weighted by atomic mass is 10.1. The molecule has 0 saturated carbocycles. The van der Waals surface area contributed by atoms with Gasteiger partial charge in [-0.25, -0.2) is 0 Å². The number of carbonyl (C=O) groups is 2. The van der Waals surface area contributed by atoms with Crippen molar-refractivity contribution in [2.75, 3.05) is 5.32 Å². The van der Waals surface area contributed by atoms with Crippen molar-refractivity contribution in [3.63, 3.8) is 0 Å². The molecule has 0 aromatic heterocycles. The zero-order valence-corrected chi connectivity index (χ0v) is 11.7. The summed E-state index contributed by atoms with van der Waals surface area (Å²) in [6.07, 6.45) is 0.340. The number of anilines is 1. The predicted molar refractivity (Wildman–Crippen MR) is 78.5 cm³/mol. The molecule has 19 heavy (non-hydrogen) atoms. The maximum absolute atomic E-state index is 11.9. The van der Waals surface area contributed by atoms with E-state index in [1.807, 2.05) is 30.3 Å². The highest BCUT2D eigenvalue weighted by molar-refractivity contribution is 9.18. The molecule has 1 N–H and O–H groups in total. The molecule has 0 saturated heterocycles. The number of benzene rings is 2. The van der Waals surface area contributed by atoms with E-state index in [-0.39, 0.29) is 10.6 Å². The van der Waals surface area contributed by atoms with Gasteiger partial charge in [0.1, 0.15) is 0 Å². The van der Waals surface area contributed by atoms with Gasteiger partial charge in [-0.05, 0) is 45.8 Å². The summed E-state index contributed by atoms with van der Waals surface area (Å²) < 4.78 is -0.0615. The predicted octanol–water partition coefficient (Wildman–Crippen LogP) is 3.40. The molecule has 0 aliphatic carbocycles. The number of amides is 1. The van der Waals surface area contributed by atoms with Gasteiger partial charge in [0.15, 0.2) is 0 Å². The van der Waals surface area contributed by atoms with Crippen molar-refractivity contribution >= 4 is 32.2 Å². The van der Waals surface area contributed by atoms with Crippen LogP contribution < -0.4 is 5.32 Å². The van der Waals surface area contributed by atoms with Crippen molar-refractivity contribution in [2.24, 2.45) is 0 Å². The number of hydrogen-bond donors (Lipinski definition) is 1. The molecule has 0 spiro atoms. The second-order valence-corrected chi connectivity index (χ2v) is 4.93. The van der Waals surface area contributed by atoms with Crippen molar-refractivity contribution in [2.45, 2.75) is 6.42 Å². The monoisotopic (exact) mass is 317 g/mol. The minimum Gasteiger partial charge on any atom is -0.322 e. The van der Waals surface area contributed by atoms with Crippen LogP contribution in [0.15, 0.2) is 54.6 Å². The summed E-state index contributed by atoms with van der Waals surface area (Å²) in [4.78, 5) is 22.8. The second-order valence-electron chi connectivity index (χ2n) is 4.05. The summed E-state index contributed by atoms with van der Waals surface area (Å²) >= 11 is 2.89. The highest BCUT2D eigenvalue weighted by atomic mass is 79.9. The normalized spacial score (nSPS) is 9.95. The highest BCUT2D eigenvalue weighted by Gasteiger charge is 2.05. The number of nitrogens with one attached hydrogen (secondary N) is 1. The van der Waals surface area contributed by atoms with E-state index < -0.39 is 0 Å². The van der Waals surface area contributed by atoms with Gasteiger partial charge in [0.25, 0.3) is 5.91 Å². The molecule has 96 valence electrons. The first kappa shape index (κ1) is 13.5. The quantitative estimate of drug-likeness (QED) is 0.878. The van der Waals surface area contributed by atoms with Gasteiger partial charge in [0.05, 0.1) is 0 Å². The van der Waals surface area contributed by atoms with Gasteiger partial charge in [-0.3, -0.25) is 9.59 Å². The molecule has 0 atom stereocenters. The summed E-state index contributed by atoms with van der Waals surface area (Å²) in [5.74, 6) is -0.148. The van der Waals surface area contributed by atoms with E-state index in [4.69, 9.17) is 0 Å². The Kier molecular flexibility index (Phi) is 4.47. The van der Waals surface area contributed by atoms with E-state index >= 15 is 0 Å². The van der Waals surface area contributed by atoms with Crippen LogP contribution in [0.1, 0.15) is 15.9 Å². The van der Waals surface area contributed by atoms with E-state index in [1.54, 1.807) is 24.3 Å². The third kappa shape index (κ3) is 4.03. The molecule has 3 nitrogen and oxygen atoms in total. The van der Waals surface area contributed by atoms with Crippen LogP contribution in [0.5, 0.6) is 0 Å². The molecule has 1 amide bonds. The summed E-state index contributed by atoms with van der Waals surface area (Å²) in [7, 11) is 0. The zero-order chi connectivity index (χ0) is 13.7. The Morgan fingerprint density at radius 3 is 2.16 bits per heavy atom.